The zero-order valence-corrected chi connectivity index (χ0v) is 14.8. The van der Waals surface area contributed by atoms with E-state index in [1.165, 1.54) is 6.07 Å². The molecular weight excluding hydrogens is 354 g/mol. The van der Waals surface area contributed by atoms with Gasteiger partial charge in [-0.2, -0.15) is 5.10 Å². The van der Waals surface area contributed by atoms with Crippen LogP contribution in [0.5, 0.6) is 0 Å². The Morgan fingerprint density at radius 1 is 1.38 bits per heavy atom. The van der Waals surface area contributed by atoms with Gasteiger partial charge in [0.15, 0.2) is 15.5 Å². The summed E-state index contributed by atoms with van der Waals surface area (Å²) in [5.74, 6) is -0.404. The molecule has 134 valence electrons. The lowest BCUT2D eigenvalue weighted by atomic mass is 9.98. The van der Waals surface area contributed by atoms with Crippen LogP contribution < -0.4 is 11.1 Å². The lowest BCUT2D eigenvalue weighted by Gasteiger charge is -2.24. The molecule has 0 bridgehead atoms. The third kappa shape index (κ3) is 2.65. The summed E-state index contributed by atoms with van der Waals surface area (Å²) in [4.78, 5) is 17.1. The van der Waals surface area contributed by atoms with Crippen LogP contribution in [0.1, 0.15) is 33.9 Å². The standard InChI is InChI=1S/C17H17N5O3S/c1-9-6-11-13(18)3-5-26(24,25)15(11)7-10(9)17(23)21-14-2-4-19-16-12(14)8-20-22-16/h2,4,6-8,13H,3,5,18H2,1H3,(H2,19,20,21,22,23)/t13-/m0/s1. The Morgan fingerprint density at radius 3 is 3.00 bits per heavy atom. The van der Waals surface area contributed by atoms with Gasteiger partial charge in [-0.05, 0) is 36.6 Å². The van der Waals surface area contributed by atoms with Crippen LogP contribution >= 0.6 is 0 Å². The van der Waals surface area contributed by atoms with Crippen molar-refractivity contribution < 1.29 is 13.2 Å². The Bertz CT molecular complexity index is 1140. The molecule has 1 atom stereocenters. The van der Waals surface area contributed by atoms with Crippen molar-refractivity contribution in [2.24, 2.45) is 5.73 Å². The second-order valence-electron chi connectivity index (χ2n) is 6.36. The molecule has 1 aromatic carbocycles. The summed E-state index contributed by atoms with van der Waals surface area (Å²) in [6, 6.07) is 4.46. The molecule has 0 radical (unpaired) electrons. The highest BCUT2D eigenvalue weighted by Crippen LogP contribution is 2.33. The fourth-order valence-corrected chi connectivity index (χ4v) is 4.86. The number of aryl methyl sites for hydroxylation is 1. The Labute approximate surface area is 149 Å². The number of aromatic nitrogens is 3. The SMILES string of the molecule is Cc1cc2c(cc1C(=O)Nc1ccnc3[nH]ncc13)S(=O)(=O)CC[C@@H]2N. The minimum Gasteiger partial charge on any atom is -0.324 e. The van der Waals surface area contributed by atoms with Gasteiger partial charge >= 0.3 is 0 Å². The number of aromatic amines is 1. The van der Waals surface area contributed by atoms with Gasteiger partial charge in [0, 0.05) is 17.8 Å². The van der Waals surface area contributed by atoms with Crippen molar-refractivity contribution in [2.45, 2.75) is 24.3 Å². The summed E-state index contributed by atoms with van der Waals surface area (Å²) < 4.78 is 24.8. The predicted octanol–water partition coefficient (Wildman–Crippen LogP) is 1.70. The van der Waals surface area contributed by atoms with E-state index < -0.39 is 15.7 Å². The van der Waals surface area contributed by atoms with E-state index in [1.807, 2.05) is 0 Å². The highest BCUT2D eigenvalue weighted by Gasteiger charge is 2.30. The van der Waals surface area contributed by atoms with Crippen LogP contribution in [0.25, 0.3) is 11.0 Å². The van der Waals surface area contributed by atoms with Gasteiger partial charge < -0.3 is 11.1 Å². The first-order chi connectivity index (χ1) is 12.4. The van der Waals surface area contributed by atoms with Crippen molar-refractivity contribution >= 4 is 32.5 Å². The third-order valence-electron chi connectivity index (χ3n) is 4.64. The van der Waals surface area contributed by atoms with Gasteiger partial charge in [0.1, 0.15) is 0 Å². The molecule has 4 N–H and O–H groups in total. The second-order valence-corrected chi connectivity index (χ2v) is 8.44. The number of anilines is 1. The van der Waals surface area contributed by atoms with E-state index in [0.717, 1.165) is 0 Å². The molecule has 1 aliphatic rings. The smallest absolute Gasteiger partial charge is 0.255 e. The van der Waals surface area contributed by atoms with Gasteiger partial charge in [-0.25, -0.2) is 13.4 Å². The normalized spacial score (nSPS) is 18.5. The number of sulfone groups is 1. The molecule has 0 saturated carbocycles. The van der Waals surface area contributed by atoms with Gasteiger partial charge in [0.2, 0.25) is 0 Å². The summed E-state index contributed by atoms with van der Waals surface area (Å²) >= 11 is 0. The van der Waals surface area contributed by atoms with Crippen molar-refractivity contribution in [3.05, 3.63) is 47.3 Å². The molecule has 0 saturated heterocycles. The van der Waals surface area contributed by atoms with Crippen LogP contribution in [0, 0.1) is 6.92 Å². The fourth-order valence-electron chi connectivity index (χ4n) is 3.21. The quantitative estimate of drug-likeness (QED) is 0.628. The van der Waals surface area contributed by atoms with Gasteiger partial charge in [-0.15, -0.1) is 0 Å². The molecule has 8 nitrogen and oxygen atoms in total. The fraction of sp³-hybridized carbons (Fsp3) is 0.235. The maximum Gasteiger partial charge on any atom is 0.255 e. The van der Waals surface area contributed by atoms with Crippen LogP contribution in [0.3, 0.4) is 0 Å². The van der Waals surface area contributed by atoms with Crippen LogP contribution in [-0.4, -0.2) is 35.3 Å². The van der Waals surface area contributed by atoms with E-state index in [4.69, 9.17) is 5.73 Å². The van der Waals surface area contributed by atoms with Crippen molar-refractivity contribution in [2.75, 3.05) is 11.1 Å². The van der Waals surface area contributed by atoms with E-state index in [-0.39, 0.29) is 16.7 Å². The van der Waals surface area contributed by atoms with Crippen molar-refractivity contribution in [1.82, 2.24) is 15.2 Å². The molecule has 0 unspecified atom stereocenters. The number of fused-ring (bicyclic) bond motifs is 2. The summed E-state index contributed by atoms with van der Waals surface area (Å²) in [7, 11) is -3.43. The Hall–Kier alpha value is -2.78. The van der Waals surface area contributed by atoms with Crippen molar-refractivity contribution in [3.63, 3.8) is 0 Å². The van der Waals surface area contributed by atoms with E-state index in [1.54, 1.807) is 31.5 Å². The maximum atomic E-state index is 12.8. The highest BCUT2D eigenvalue weighted by molar-refractivity contribution is 7.91. The topological polar surface area (TPSA) is 131 Å². The number of hydrogen-bond acceptors (Lipinski definition) is 6. The number of pyridine rings is 1. The predicted molar refractivity (Wildman–Crippen MR) is 96.6 cm³/mol. The minimum atomic E-state index is -3.43. The first-order valence-electron chi connectivity index (χ1n) is 8.09. The average molecular weight is 371 g/mol. The number of amides is 1. The average Bonchev–Trinajstić information content (AvgIpc) is 3.08. The molecular formula is C17H17N5O3S. The summed E-state index contributed by atoms with van der Waals surface area (Å²) in [5.41, 5.74) is 8.70. The third-order valence-corrected chi connectivity index (χ3v) is 6.43. The highest BCUT2D eigenvalue weighted by atomic mass is 32.2. The molecule has 3 aromatic rings. The molecule has 0 spiro atoms. The Balaban J connectivity index is 1.76. The first-order valence-corrected chi connectivity index (χ1v) is 9.74. The molecule has 4 rings (SSSR count). The number of rotatable bonds is 2. The minimum absolute atomic E-state index is 0.00865. The molecule has 2 aromatic heterocycles. The number of hydrogen-bond donors (Lipinski definition) is 3. The summed E-state index contributed by atoms with van der Waals surface area (Å²) in [6.07, 6.45) is 3.51. The van der Waals surface area contributed by atoms with E-state index in [0.29, 0.717) is 39.8 Å². The van der Waals surface area contributed by atoms with E-state index >= 15 is 0 Å². The molecule has 1 aliphatic heterocycles. The molecule has 0 fully saturated rings. The maximum absolute atomic E-state index is 12.8. The van der Waals surface area contributed by atoms with Crippen LogP contribution in [0.2, 0.25) is 0 Å². The molecule has 9 heteroatoms. The molecule has 3 heterocycles. The van der Waals surface area contributed by atoms with Crippen molar-refractivity contribution in [1.29, 1.82) is 0 Å². The van der Waals surface area contributed by atoms with Crippen molar-refractivity contribution in [3.8, 4) is 0 Å². The van der Waals surface area contributed by atoms with Crippen LogP contribution in [0.15, 0.2) is 35.5 Å². The Kier molecular flexibility index (Phi) is 3.78. The molecule has 1 amide bonds. The van der Waals surface area contributed by atoms with E-state index in [2.05, 4.69) is 20.5 Å². The zero-order valence-electron chi connectivity index (χ0n) is 14.0. The van der Waals surface area contributed by atoms with Gasteiger partial charge in [0.05, 0.1) is 27.9 Å². The summed E-state index contributed by atoms with van der Waals surface area (Å²) in [6.45, 7) is 1.77. The Morgan fingerprint density at radius 2 is 2.19 bits per heavy atom. The lowest BCUT2D eigenvalue weighted by Crippen LogP contribution is -2.26. The number of nitrogens with one attached hydrogen (secondary N) is 2. The summed E-state index contributed by atoms with van der Waals surface area (Å²) in [5, 5.41) is 10.1. The van der Waals surface area contributed by atoms with Gasteiger partial charge in [-0.1, -0.05) is 6.07 Å². The monoisotopic (exact) mass is 371 g/mol. The number of benzene rings is 1. The number of carbonyl (C=O) groups is 1. The number of carbonyl (C=O) groups excluding carboxylic acids is 1. The van der Waals surface area contributed by atoms with Crippen LogP contribution in [0.4, 0.5) is 5.69 Å². The lowest BCUT2D eigenvalue weighted by molar-refractivity contribution is 0.102. The second kappa shape index (κ2) is 5.89. The molecule has 26 heavy (non-hydrogen) atoms. The van der Waals surface area contributed by atoms with E-state index in [9.17, 15) is 13.2 Å². The van der Waals surface area contributed by atoms with Gasteiger partial charge in [0.25, 0.3) is 5.91 Å². The van der Waals surface area contributed by atoms with Crippen LogP contribution in [-0.2, 0) is 9.84 Å². The number of H-pyrrole nitrogens is 1. The largest absolute Gasteiger partial charge is 0.324 e. The molecule has 0 aliphatic carbocycles. The first kappa shape index (κ1) is 16.7. The number of nitrogens with zero attached hydrogens (tertiary/aromatic N) is 2. The zero-order chi connectivity index (χ0) is 18.5. The number of nitrogens with two attached hydrogens (primary N) is 1. The van der Waals surface area contributed by atoms with Gasteiger partial charge in [-0.3, -0.25) is 9.89 Å².